The number of anilines is 1. The van der Waals surface area contributed by atoms with E-state index in [1.807, 2.05) is 25.1 Å². The van der Waals surface area contributed by atoms with E-state index in [2.05, 4.69) is 10.3 Å². The number of halogens is 1. The van der Waals surface area contributed by atoms with Gasteiger partial charge in [-0.05, 0) is 55.5 Å². The van der Waals surface area contributed by atoms with E-state index in [-0.39, 0.29) is 23.7 Å². The normalized spacial score (nSPS) is 24.5. The average molecular weight is 326 g/mol. The van der Waals surface area contributed by atoms with E-state index in [1.54, 1.807) is 6.20 Å². The Kier molecular flexibility index (Phi) is 3.52. The van der Waals surface area contributed by atoms with Crippen LogP contribution in [-0.2, 0) is 11.2 Å². The molecule has 5 heteroatoms. The zero-order valence-corrected chi connectivity index (χ0v) is 13.4. The number of fused-ring (bicyclic) bond motifs is 1. The molecular weight excluding hydrogens is 307 g/mol. The molecule has 4 nitrogen and oxygen atoms in total. The van der Waals surface area contributed by atoms with Crippen molar-refractivity contribution in [3.05, 3.63) is 58.7 Å². The van der Waals surface area contributed by atoms with Crippen molar-refractivity contribution in [2.45, 2.75) is 38.1 Å². The van der Waals surface area contributed by atoms with Gasteiger partial charge in [0.2, 0.25) is 0 Å². The van der Waals surface area contributed by atoms with Gasteiger partial charge in [0, 0.05) is 17.2 Å². The summed E-state index contributed by atoms with van der Waals surface area (Å²) in [6.45, 7) is 2.02. The highest BCUT2D eigenvalue weighted by Gasteiger charge is 2.45. The van der Waals surface area contributed by atoms with Gasteiger partial charge < -0.3 is 10.4 Å². The third-order valence-corrected chi connectivity index (χ3v) is 5.18. The van der Waals surface area contributed by atoms with E-state index >= 15 is 0 Å². The molecular formula is C19H19FN2O2. The summed E-state index contributed by atoms with van der Waals surface area (Å²) in [4.78, 5) is 15.3. The highest BCUT2D eigenvalue weighted by Crippen LogP contribution is 2.47. The quantitative estimate of drug-likeness (QED) is 0.897. The fourth-order valence-electron chi connectivity index (χ4n) is 3.74. The third-order valence-electron chi connectivity index (χ3n) is 5.18. The summed E-state index contributed by atoms with van der Waals surface area (Å²) < 4.78 is 14.2. The number of aromatic nitrogens is 1. The molecule has 1 saturated carbocycles. The van der Waals surface area contributed by atoms with Gasteiger partial charge in [0.1, 0.15) is 5.82 Å². The first kappa shape index (κ1) is 15.1. The van der Waals surface area contributed by atoms with Crippen LogP contribution >= 0.6 is 0 Å². The van der Waals surface area contributed by atoms with Crippen molar-refractivity contribution < 1.29 is 14.3 Å². The smallest absolute Gasteiger partial charge is 0.307 e. The molecule has 1 heterocycles. The van der Waals surface area contributed by atoms with Crippen LogP contribution in [0.25, 0.3) is 0 Å². The topological polar surface area (TPSA) is 62.2 Å². The van der Waals surface area contributed by atoms with Crippen molar-refractivity contribution in [1.82, 2.24) is 4.98 Å². The first-order valence-electron chi connectivity index (χ1n) is 8.27. The Balaban J connectivity index is 1.50. The summed E-state index contributed by atoms with van der Waals surface area (Å²) in [5.41, 5.74) is 4.68. The molecule has 2 aliphatic rings. The molecule has 24 heavy (non-hydrogen) atoms. The number of nitrogens with one attached hydrogen (secondary N) is 1. The molecule has 3 atom stereocenters. The Morgan fingerprint density at radius 1 is 1.33 bits per heavy atom. The summed E-state index contributed by atoms with van der Waals surface area (Å²) in [7, 11) is 0. The van der Waals surface area contributed by atoms with Crippen molar-refractivity contribution in [3.8, 4) is 0 Å². The molecule has 0 bridgehead atoms. The standard InChI is InChI=1S/C19H19FN2O2/c1-10-2-5-15(20)18-12(10)4-7-17(18)22-11-3-6-16(21-9-11)13-8-14(13)19(23)24/h2-3,5-6,9,13-14,17,22H,4,7-8H2,1H3,(H,23,24)/t13-,14-,17?/m0/s1. The predicted molar refractivity (Wildman–Crippen MR) is 88.5 cm³/mol. The Labute approximate surface area is 139 Å². The molecule has 1 fully saturated rings. The molecule has 1 aromatic heterocycles. The molecule has 2 aromatic rings. The summed E-state index contributed by atoms with van der Waals surface area (Å²) in [5.74, 6) is -1.17. The van der Waals surface area contributed by atoms with Gasteiger partial charge in [-0.15, -0.1) is 0 Å². The zero-order valence-electron chi connectivity index (χ0n) is 13.4. The van der Waals surface area contributed by atoms with Crippen molar-refractivity contribution in [2.24, 2.45) is 5.92 Å². The van der Waals surface area contributed by atoms with E-state index < -0.39 is 5.97 Å². The number of carboxylic acid groups (broad SMARTS) is 1. The number of nitrogens with zero attached hydrogens (tertiary/aromatic N) is 1. The SMILES string of the molecule is Cc1ccc(F)c2c1CCC2Nc1ccc([C@H]2C[C@@H]2C(=O)O)nc1. The minimum Gasteiger partial charge on any atom is -0.481 e. The minimum atomic E-state index is -0.752. The van der Waals surface area contributed by atoms with Crippen LogP contribution in [0.2, 0.25) is 0 Å². The van der Waals surface area contributed by atoms with Crippen LogP contribution in [-0.4, -0.2) is 16.1 Å². The number of carboxylic acids is 1. The van der Waals surface area contributed by atoms with Gasteiger partial charge in [-0.25, -0.2) is 4.39 Å². The van der Waals surface area contributed by atoms with Gasteiger partial charge in [0.05, 0.1) is 23.8 Å². The van der Waals surface area contributed by atoms with Crippen LogP contribution in [0.15, 0.2) is 30.5 Å². The number of hydrogen-bond donors (Lipinski definition) is 2. The van der Waals surface area contributed by atoms with Crippen molar-refractivity contribution in [2.75, 3.05) is 5.32 Å². The lowest BCUT2D eigenvalue weighted by Gasteiger charge is -2.16. The van der Waals surface area contributed by atoms with E-state index in [0.717, 1.165) is 40.9 Å². The first-order valence-corrected chi connectivity index (χ1v) is 8.27. The number of aliphatic carboxylic acids is 1. The molecule has 0 aliphatic heterocycles. The van der Waals surface area contributed by atoms with Gasteiger partial charge in [-0.1, -0.05) is 6.07 Å². The molecule has 0 amide bonds. The summed E-state index contributed by atoms with van der Waals surface area (Å²) in [6.07, 6.45) is 4.13. The van der Waals surface area contributed by atoms with Crippen LogP contribution in [0, 0.1) is 18.7 Å². The minimum absolute atomic E-state index is 0.0313. The van der Waals surface area contributed by atoms with Gasteiger partial charge in [-0.2, -0.15) is 0 Å². The maximum Gasteiger partial charge on any atom is 0.307 e. The van der Waals surface area contributed by atoms with Gasteiger partial charge in [-0.3, -0.25) is 9.78 Å². The molecule has 0 spiro atoms. The lowest BCUT2D eigenvalue weighted by atomic mass is 10.0. The largest absolute Gasteiger partial charge is 0.481 e. The number of carbonyl (C=O) groups is 1. The second kappa shape index (κ2) is 5.58. The van der Waals surface area contributed by atoms with Crippen LogP contribution in [0.3, 0.4) is 0 Å². The summed E-state index contributed by atoms with van der Waals surface area (Å²) in [6, 6.07) is 7.11. The molecule has 0 radical (unpaired) electrons. The highest BCUT2D eigenvalue weighted by atomic mass is 19.1. The number of aryl methyl sites for hydroxylation is 1. The molecule has 2 N–H and O–H groups in total. The van der Waals surface area contributed by atoms with Crippen LogP contribution in [0.4, 0.5) is 10.1 Å². The number of hydrogen-bond acceptors (Lipinski definition) is 3. The van der Waals surface area contributed by atoms with E-state index in [0.29, 0.717) is 6.42 Å². The van der Waals surface area contributed by atoms with Crippen molar-refractivity contribution in [1.29, 1.82) is 0 Å². The van der Waals surface area contributed by atoms with Crippen LogP contribution < -0.4 is 5.32 Å². The zero-order chi connectivity index (χ0) is 16.8. The van der Waals surface area contributed by atoms with E-state index in [1.165, 1.54) is 6.07 Å². The fourth-order valence-corrected chi connectivity index (χ4v) is 3.74. The van der Waals surface area contributed by atoms with Gasteiger partial charge in [0.15, 0.2) is 0 Å². The molecule has 1 unspecified atom stereocenters. The molecule has 0 saturated heterocycles. The molecule has 1 aromatic carbocycles. The van der Waals surface area contributed by atoms with Crippen molar-refractivity contribution in [3.63, 3.8) is 0 Å². The molecule has 2 aliphatic carbocycles. The Hall–Kier alpha value is -2.43. The first-order chi connectivity index (χ1) is 11.5. The summed E-state index contributed by atoms with van der Waals surface area (Å²) >= 11 is 0. The van der Waals surface area contributed by atoms with Gasteiger partial charge in [0.25, 0.3) is 0 Å². The van der Waals surface area contributed by atoms with Crippen LogP contribution in [0.5, 0.6) is 0 Å². The maximum absolute atomic E-state index is 14.2. The lowest BCUT2D eigenvalue weighted by molar-refractivity contribution is -0.138. The number of benzene rings is 1. The van der Waals surface area contributed by atoms with E-state index in [4.69, 9.17) is 5.11 Å². The lowest BCUT2D eigenvalue weighted by Crippen LogP contribution is -2.09. The average Bonchev–Trinajstić information content (AvgIpc) is 3.26. The fraction of sp³-hybridized carbons (Fsp3) is 0.368. The summed E-state index contributed by atoms with van der Waals surface area (Å²) in [5, 5.41) is 12.4. The highest BCUT2D eigenvalue weighted by molar-refractivity contribution is 5.75. The van der Waals surface area contributed by atoms with Crippen LogP contribution in [0.1, 0.15) is 47.2 Å². The third kappa shape index (κ3) is 2.54. The second-order valence-corrected chi connectivity index (χ2v) is 6.75. The number of rotatable bonds is 4. The Morgan fingerprint density at radius 2 is 2.17 bits per heavy atom. The molecule has 124 valence electrons. The predicted octanol–water partition coefficient (Wildman–Crippen LogP) is 3.82. The van der Waals surface area contributed by atoms with Crippen molar-refractivity contribution >= 4 is 11.7 Å². The van der Waals surface area contributed by atoms with Gasteiger partial charge >= 0.3 is 5.97 Å². The Morgan fingerprint density at radius 3 is 2.83 bits per heavy atom. The monoisotopic (exact) mass is 326 g/mol. The Bertz CT molecular complexity index is 804. The second-order valence-electron chi connectivity index (χ2n) is 6.75. The number of pyridine rings is 1. The molecule has 4 rings (SSSR count). The van der Waals surface area contributed by atoms with E-state index in [9.17, 15) is 9.18 Å². The maximum atomic E-state index is 14.2.